The lowest BCUT2D eigenvalue weighted by molar-refractivity contribution is -0.0191. The highest BCUT2D eigenvalue weighted by atomic mass is 14.9. The highest BCUT2D eigenvalue weighted by Gasteiger charge is 2.63. The maximum atomic E-state index is 8.83. The van der Waals surface area contributed by atoms with E-state index in [1.165, 1.54) is 32.1 Å². The molecule has 0 amide bonds. The van der Waals surface area contributed by atoms with Gasteiger partial charge in [-0.15, -0.1) is 0 Å². The van der Waals surface area contributed by atoms with E-state index in [9.17, 15) is 0 Å². The standard InChI is InChI=1S/C10H14N2/c11-12-9-6-7-2-3-8(9)10(7)4-1-5-10/h7-8H,1-6H2. The number of rotatable bonds is 0. The minimum atomic E-state index is 0.627. The molecule has 2 bridgehead atoms. The molecule has 2 heteroatoms. The van der Waals surface area contributed by atoms with Crippen LogP contribution in [0.15, 0.2) is 0 Å². The molecule has 64 valence electrons. The molecule has 3 rings (SSSR count). The van der Waals surface area contributed by atoms with Crippen molar-refractivity contribution in [3.63, 3.8) is 0 Å². The molecular formula is C10H14N2. The second kappa shape index (κ2) is 2.00. The van der Waals surface area contributed by atoms with Gasteiger partial charge in [0.05, 0.1) is 5.92 Å². The predicted molar refractivity (Wildman–Crippen MR) is 45.7 cm³/mol. The molecule has 0 aliphatic heterocycles. The van der Waals surface area contributed by atoms with Crippen LogP contribution in [0, 0.1) is 17.3 Å². The summed E-state index contributed by atoms with van der Waals surface area (Å²) in [5.41, 5.74) is 10.6. The SMILES string of the molecule is [N-]=[N+]=C1CC2CCC1C21CCC1. The van der Waals surface area contributed by atoms with Gasteiger partial charge in [0.15, 0.2) is 0 Å². The Hall–Kier alpha value is -0.620. The summed E-state index contributed by atoms with van der Waals surface area (Å²) in [6.45, 7) is 0. The van der Waals surface area contributed by atoms with Gasteiger partial charge in [-0.25, -0.2) is 0 Å². The van der Waals surface area contributed by atoms with Crippen LogP contribution in [-0.4, -0.2) is 10.5 Å². The Bertz CT molecular complexity index is 272. The Balaban J connectivity index is 2.03. The highest BCUT2D eigenvalue weighted by molar-refractivity contribution is 5.86. The fourth-order valence-corrected chi connectivity index (χ4v) is 3.88. The van der Waals surface area contributed by atoms with Gasteiger partial charge >= 0.3 is 0 Å². The van der Waals surface area contributed by atoms with E-state index in [0.29, 0.717) is 11.3 Å². The zero-order chi connectivity index (χ0) is 8.18. The average molecular weight is 162 g/mol. The summed E-state index contributed by atoms with van der Waals surface area (Å²) in [4.78, 5) is 3.46. The van der Waals surface area contributed by atoms with Crippen LogP contribution in [0.1, 0.15) is 38.5 Å². The predicted octanol–water partition coefficient (Wildman–Crippen LogP) is 2.26. The summed E-state index contributed by atoms with van der Waals surface area (Å²) in [6, 6.07) is 0. The maximum Gasteiger partial charge on any atom is 0.272 e. The first kappa shape index (κ1) is 6.85. The van der Waals surface area contributed by atoms with E-state index >= 15 is 0 Å². The Morgan fingerprint density at radius 3 is 2.58 bits per heavy atom. The third-order valence-electron chi connectivity index (χ3n) is 4.58. The Kier molecular flexibility index (Phi) is 1.14. The van der Waals surface area contributed by atoms with Crippen molar-refractivity contribution in [1.29, 1.82) is 0 Å². The van der Waals surface area contributed by atoms with Crippen LogP contribution < -0.4 is 0 Å². The molecule has 3 saturated carbocycles. The second-order valence-electron chi connectivity index (χ2n) is 4.71. The van der Waals surface area contributed by atoms with Crippen molar-refractivity contribution in [1.82, 2.24) is 0 Å². The first-order valence-corrected chi connectivity index (χ1v) is 5.08. The summed E-state index contributed by atoms with van der Waals surface area (Å²) in [5.74, 6) is 1.54. The van der Waals surface area contributed by atoms with Crippen LogP contribution in [0.3, 0.4) is 0 Å². The second-order valence-corrected chi connectivity index (χ2v) is 4.71. The molecule has 0 aromatic heterocycles. The molecule has 0 saturated heterocycles. The smallest absolute Gasteiger partial charge is 0.272 e. The number of nitrogens with zero attached hydrogens (tertiary/aromatic N) is 2. The van der Waals surface area contributed by atoms with Gasteiger partial charge in [0.2, 0.25) is 0 Å². The third-order valence-corrected chi connectivity index (χ3v) is 4.58. The largest absolute Gasteiger partial charge is 0.362 e. The highest BCUT2D eigenvalue weighted by Crippen LogP contribution is 2.65. The van der Waals surface area contributed by atoms with Crippen molar-refractivity contribution in [3.8, 4) is 0 Å². The molecule has 3 aliphatic carbocycles. The molecule has 3 aliphatic rings. The lowest BCUT2D eigenvalue weighted by Gasteiger charge is -2.41. The number of hydrogen-bond acceptors (Lipinski definition) is 0. The van der Waals surface area contributed by atoms with Crippen molar-refractivity contribution < 1.29 is 4.79 Å². The Morgan fingerprint density at radius 2 is 2.17 bits per heavy atom. The van der Waals surface area contributed by atoms with E-state index in [1.807, 2.05) is 0 Å². The van der Waals surface area contributed by atoms with Crippen LogP contribution in [-0.2, 0) is 0 Å². The summed E-state index contributed by atoms with van der Waals surface area (Å²) in [5, 5.41) is 0. The van der Waals surface area contributed by atoms with Crippen molar-refractivity contribution >= 4 is 5.71 Å². The van der Waals surface area contributed by atoms with Crippen LogP contribution in [0.4, 0.5) is 0 Å². The van der Waals surface area contributed by atoms with Crippen molar-refractivity contribution in [3.05, 3.63) is 5.53 Å². The summed E-state index contributed by atoms with van der Waals surface area (Å²) < 4.78 is 0. The van der Waals surface area contributed by atoms with Crippen LogP contribution in [0.2, 0.25) is 0 Å². The van der Waals surface area contributed by atoms with Gasteiger partial charge in [0, 0.05) is 6.42 Å². The maximum absolute atomic E-state index is 8.83. The van der Waals surface area contributed by atoms with E-state index in [1.54, 1.807) is 0 Å². The molecule has 2 unspecified atom stereocenters. The minimum Gasteiger partial charge on any atom is -0.362 e. The van der Waals surface area contributed by atoms with Gasteiger partial charge in [-0.3, -0.25) is 0 Å². The van der Waals surface area contributed by atoms with E-state index < -0.39 is 0 Å². The monoisotopic (exact) mass is 162 g/mol. The summed E-state index contributed by atoms with van der Waals surface area (Å²) >= 11 is 0. The fraction of sp³-hybridized carbons (Fsp3) is 0.900. The lowest BCUT2D eigenvalue weighted by atomic mass is 9.62. The minimum absolute atomic E-state index is 0.627. The van der Waals surface area contributed by atoms with Crippen molar-refractivity contribution in [2.45, 2.75) is 38.5 Å². The van der Waals surface area contributed by atoms with Gasteiger partial charge in [0.25, 0.3) is 5.71 Å². The molecule has 0 aromatic carbocycles. The molecule has 0 N–H and O–H groups in total. The summed E-state index contributed by atoms with van der Waals surface area (Å²) in [6.07, 6.45) is 8.00. The zero-order valence-corrected chi connectivity index (χ0v) is 7.29. The van der Waals surface area contributed by atoms with E-state index in [4.69, 9.17) is 5.53 Å². The molecule has 3 fully saturated rings. The zero-order valence-electron chi connectivity index (χ0n) is 7.29. The first-order chi connectivity index (χ1) is 5.87. The van der Waals surface area contributed by atoms with Crippen LogP contribution in [0.25, 0.3) is 5.53 Å². The van der Waals surface area contributed by atoms with Crippen LogP contribution in [0.5, 0.6) is 0 Å². The Labute approximate surface area is 72.6 Å². The van der Waals surface area contributed by atoms with Gasteiger partial charge in [-0.2, -0.15) is 4.79 Å². The van der Waals surface area contributed by atoms with Gasteiger partial charge < -0.3 is 5.53 Å². The normalized spacial score (nSPS) is 41.5. The molecule has 1 spiro atoms. The molecule has 0 aromatic rings. The first-order valence-electron chi connectivity index (χ1n) is 5.08. The van der Waals surface area contributed by atoms with Crippen molar-refractivity contribution in [2.24, 2.45) is 17.3 Å². The third kappa shape index (κ3) is 0.557. The van der Waals surface area contributed by atoms with Gasteiger partial charge in [-0.1, -0.05) is 6.42 Å². The fourth-order valence-electron chi connectivity index (χ4n) is 3.88. The molecule has 0 heterocycles. The molecule has 0 radical (unpaired) electrons. The molecule has 2 nitrogen and oxygen atoms in total. The summed E-state index contributed by atoms with van der Waals surface area (Å²) in [7, 11) is 0. The van der Waals surface area contributed by atoms with Gasteiger partial charge in [0.1, 0.15) is 0 Å². The Morgan fingerprint density at radius 1 is 1.33 bits per heavy atom. The van der Waals surface area contributed by atoms with Gasteiger partial charge in [-0.05, 0) is 37.0 Å². The van der Waals surface area contributed by atoms with Crippen LogP contribution >= 0.6 is 0 Å². The molecular weight excluding hydrogens is 148 g/mol. The number of hydrogen-bond donors (Lipinski definition) is 0. The topological polar surface area (TPSA) is 36.4 Å². The van der Waals surface area contributed by atoms with E-state index in [-0.39, 0.29) is 0 Å². The molecule has 12 heavy (non-hydrogen) atoms. The van der Waals surface area contributed by atoms with Crippen molar-refractivity contribution in [2.75, 3.05) is 0 Å². The quantitative estimate of drug-likeness (QED) is 0.387. The average Bonchev–Trinajstić information content (AvgIpc) is 2.53. The van der Waals surface area contributed by atoms with E-state index in [2.05, 4.69) is 4.79 Å². The molecule has 2 atom stereocenters. The van der Waals surface area contributed by atoms with E-state index in [0.717, 1.165) is 18.1 Å². The lowest BCUT2D eigenvalue weighted by Crippen LogP contribution is -2.35.